The molecule has 0 unspecified atom stereocenters. The largest absolute Gasteiger partial charge is 0.497 e. The Kier molecular flexibility index (Phi) is 3.97. The third-order valence-corrected chi connectivity index (χ3v) is 4.30. The van der Waals surface area contributed by atoms with Crippen LogP contribution in [-0.4, -0.2) is 12.2 Å². The van der Waals surface area contributed by atoms with Gasteiger partial charge in [0.2, 0.25) is 0 Å². The second kappa shape index (κ2) is 6.06. The first-order valence-electron chi connectivity index (χ1n) is 6.70. The van der Waals surface area contributed by atoms with Crippen molar-refractivity contribution in [3.05, 3.63) is 70.6 Å². The molecule has 0 radical (unpaired) electrons. The summed E-state index contributed by atoms with van der Waals surface area (Å²) in [4.78, 5) is 1.20. The lowest BCUT2D eigenvalue weighted by Crippen LogP contribution is -2.14. The summed E-state index contributed by atoms with van der Waals surface area (Å²) in [7, 11) is 1.67. The summed E-state index contributed by atoms with van der Waals surface area (Å²) >= 11 is 1.69. The fourth-order valence-electron chi connectivity index (χ4n) is 2.13. The highest BCUT2D eigenvalue weighted by atomic mass is 32.2. The summed E-state index contributed by atoms with van der Waals surface area (Å²) in [6.07, 6.45) is 0. The molecule has 0 fully saturated rings. The van der Waals surface area contributed by atoms with E-state index in [0.29, 0.717) is 0 Å². The van der Waals surface area contributed by atoms with E-state index in [9.17, 15) is 0 Å². The quantitative estimate of drug-likeness (QED) is 0.926. The molecule has 0 atom stereocenters. The maximum Gasteiger partial charge on any atom is 0.128 e. The first-order chi connectivity index (χ1) is 10.3. The van der Waals surface area contributed by atoms with Crippen molar-refractivity contribution < 1.29 is 4.74 Å². The number of hydrogen-bond acceptors (Lipinski definition) is 4. The maximum atomic E-state index is 5.19. The lowest BCUT2D eigenvalue weighted by Gasteiger charge is -2.19. The number of allylic oxidation sites excluding steroid dienone is 1. The van der Waals surface area contributed by atoms with Gasteiger partial charge in [-0.15, -0.1) is 0 Å². The minimum absolute atomic E-state index is 0.856. The second-order valence-corrected chi connectivity index (χ2v) is 5.86. The van der Waals surface area contributed by atoms with Crippen LogP contribution in [0, 0.1) is 0 Å². The lowest BCUT2D eigenvalue weighted by atomic mass is 10.1. The van der Waals surface area contributed by atoms with Crippen molar-refractivity contribution in [2.75, 3.05) is 7.11 Å². The van der Waals surface area contributed by atoms with Gasteiger partial charge in [-0.05, 0) is 31.2 Å². The SMILES string of the molecule is COc1ccc(C2=C(C)SC(c3ccccc3)=NN2)cc1. The van der Waals surface area contributed by atoms with E-state index in [2.05, 4.69) is 29.6 Å². The summed E-state index contributed by atoms with van der Waals surface area (Å²) in [5, 5.41) is 5.48. The highest BCUT2D eigenvalue weighted by molar-refractivity contribution is 8.17. The van der Waals surface area contributed by atoms with Gasteiger partial charge in [0.25, 0.3) is 0 Å². The number of methoxy groups -OCH3 is 1. The van der Waals surface area contributed by atoms with Gasteiger partial charge < -0.3 is 4.74 Å². The van der Waals surface area contributed by atoms with Crippen molar-refractivity contribution in [2.24, 2.45) is 5.10 Å². The Hall–Kier alpha value is -2.20. The van der Waals surface area contributed by atoms with Gasteiger partial charge in [0.15, 0.2) is 0 Å². The Balaban J connectivity index is 1.83. The molecule has 2 aromatic carbocycles. The molecule has 3 nitrogen and oxygen atoms in total. The monoisotopic (exact) mass is 296 g/mol. The molecule has 2 aromatic rings. The van der Waals surface area contributed by atoms with Gasteiger partial charge in [-0.2, -0.15) is 5.10 Å². The molecule has 0 bridgehead atoms. The molecular weight excluding hydrogens is 280 g/mol. The maximum absolute atomic E-state index is 5.19. The van der Waals surface area contributed by atoms with Crippen LogP contribution in [0.5, 0.6) is 5.75 Å². The highest BCUT2D eigenvalue weighted by Crippen LogP contribution is 2.32. The zero-order valence-electron chi connectivity index (χ0n) is 12.0. The minimum Gasteiger partial charge on any atom is -0.497 e. The second-order valence-electron chi connectivity index (χ2n) is 4.66. The number of hydrazone groups is 1. The van der Waals surface area contributed by atoms with Gasteiger partial charge in [-0.1, -0.05) is 42.1 Å². The Morgan fingerprint density at radius 3 is 2.29 bits per heavy atom. The lowest BCUT2D eigenvalue weighted by molar-refractivity contribution is 0.415. The van der Waals surface area contributed by atoms with Crippen LogP contribution in [0.25, 0.3) is 5.70 Å². The third kappa shape index (κ3) is 2.95. The molecule has 0 amide bonds. The normalized spacial score (nSPS) is 14.5. The molecule has 1 aliphatic rings. The molecule has 21 heavy (non-hydrogen) atoms. The number of hydrogen-bond donors (Lipinski definition) is 1. The number of benzene rings is 2. The van der Waals surface area contributed by atoms with Gasteiger partial charge >= 0.3 is 0 Å². The zero-order valence-corrected chi connectivity index (χ0v) is 12.8. The van der Waals surface area contributed by atoms with E-state index >= 15 is 0 Å². The predicted molar refractivity (Wildman–Crippen MR) is 89.3 cm³/mol. The number of rotatable bonds is 3. The number of thioether (sulfide) groups is 1. The fraction of sp³-hybridized carbons (Fsp3) is 0.118. The van der Waals surface area contributed by atoms with Crippen LogP contribution in [0.1, 0.15) is 18.1 Å². The summed E-state index contributed by atoms with van der Waals surface area (Å²) in [6, 6.07) is 18.2. The Bertz CT molecular complexity index is 690. The third-order valence-electron chi connectivity index (χ3n) is 3.27. The van der Waals surface area contributed by atoms with E-state index < -0.39 is 0 Å². The molecule has 0 spiro atoms. The first-order valence-corrected chi connectivity index (χ1v) is 7.52. The molecule has 1 aliphatic heterocycles. The van der Waals surface area contributed by atoms with E-state index in [-0.39, 0.29) is 0 Å². The van der Waals surface area contributed by atoms with Crippen LogP contribution in [-0.2, 0) is 0 Å². The van der Waals surface area contributed by atoms with Crippen LogP contribution >= 0.6 is 11.8 Å². The molecule has 106 valence electrons. The molecule has 0 saturated heterocycles. The highest BCUT2D eigenvalue weighted by Gasteiger charge is 2.16. The summed E-state index contributed by atoms with van der Waals surface area (Å²) < 4.78 is 5.19. The molecule has 4 heteroatoms. The van der Waals surface area contributed by atoms with Crippen molar-refractivity contribution >= 4 is 22.5 Å². The smallest absolute Gasteiger partial charge is 0.128 e. The summed E-state index contributed by atoms with van der Waals surface area (Å²) in [6.45, 7) is 2.11. The van der Waals surface area contributed by atoms with Crippen LogP contribution in [0.2, 0.25) is 0 Å². The Morgan fingerprint density at radius 1 is 0.952 bits per heavy atom. The molecular formula is C17H16N2OS. The van der Waals surface area contributed by atoms with Crippen LogP contribution < -0.4 is 10.2 Å². The first kappa shape index (κ1) is 13.8. The van der Waals surface area contributed by atoms with Crippen LogP contribution in [0.3, 0.4) is 0 Å². The van der Waals surface area contributed by atoms with E-state index in [1.807, 2.05) is 42.5 Å². The molecule has 0 aliphatic carbocycles. The van der Waals surface area contributed by atoms with E-state index in [1.165, 1.54) is 4.91 Å². The Morgan fingerprint density at radius 2 is 1.67 bits per heavy atom. The molecule has 0 aromatic heterocycles. The number of nitrogens with zero attached hydrogens (tertiary/aromatic N) is 1. The van der Waals surface area contributed by atoms with Crippen molar-refractivity contribution in [3.8, 4) is 5.75 Å². The topological polar surface area (TPSA) is 33.6 Å². The van der Waals surface area contributed by atoms with E-state index in [0.717, 1.165) is 27.6 Å². The average Bonchev–Trinajstić information content (AvgIpc) is 2.56. The number of nitrogens with one attached hydrogen (secondary N) is 1. The molecule has 3 rings (SSSR count). The van der Waals surface area contributed by atoms with Crippen molar-refractivity contribution in [2.45, 2.75) is 6.92 Å². The van der Waals surface area contributed by atoms with Gasteiger partial charge in [0, 0.05) is 16.0 Å². The molecule has 1 N–H and O–H groups in total. The Labute approximate surface area is 128 Å². The van der Waals surface area contributed by atoms with Crippen molar-refractivity contribution in [1.29, 1.82) is 0 Å². The molecule has 1 heterocycles. The van der Waals surface area contributed by atoms with Gasteiger partial charge in [0.05, 0.1) is 12.8 Å². The van der Waals surface area contributed by atoms with Gasteiger partial charge in [-0.25, -0.2) is 0 Å². The van der Waals surface area contributed by atoms with E-state index in [1.54, 1.807) is 18.9 Å². The van der Waals surface area contributed by atoms with Crippen molar-refractivity contribution in [3.63, 3.8) is 0 Å². The zero-order chi connectivity index (χ0) is 14.7. The minimum atomic E-state index is 0.856. The van der Waals surface area contributed by atoms with Gasteiger partial charge in [-0.3, -0.25) is 5.43 Å². The average molecular weight is 296 g/mol. The van der Waals surface area contributed by atoms with Gasteiger partial charge in [0.1, 0.15) is 10.8 Å². The summed E-state index contributed by atoms with van der Waals surface area (Å²) in [5.74, 6) is 0.856. The fourth-order valence-corrected chi connectivity index (χ4v) is 3.03. The van der Waals surface area contributed by atoms with Crippen LogP contribution in [0.15, 0.2) is 64.6 Å². The predicted octanol–water partition coefficient (Wildman–Crippen LogP) is 4.08. The van der Waals surface area contributed by atoms with E-state index in [4.69, 9.17) is 4.74 Å². The number of ether oxygens (including phenoxy) is 1. The molecule has 0 saturated carbocycles. The summed E-state index contributed by atoms with van der Waals surface area (Å²) in [5.41, 5.74) is 6.46. The van der Waals surface area contributed by atoms with Crippen molar-refractivity contribution in [1.82, 2.24) is 5.43 Å². The standard InChI is InChI=1S/C17H16N2OS/c1-12-16(13-8-10-15(20-2)11-9-13)18-19-17(21-12)14-6-4-3-5-7-14/h3-11,18H,1-2H3. The van der Waals surface area contributed by atoms with Crippen LogP contribution in [0.4, 0.5) is 0 Å².